The molecule has 7 nitrogen and oxygen atoms in total. The molecule has 33 heavy (non-hydrogen) atoms. The van der Waals surface area contributed by atoms with Crippen LogP contribution in [0, 0.1) is 0 Å². The molecular formula is C26H31N5O2. The fourth-order valence-corrected chi connectivity index (χ4v) is 4.63. The Bertz CT molecular complexity index is 1060. The summed E-state index contributed by atoms with van der Waals surface area (Å²) in [6.07, 6.45) is 2.32. The maximum absolute atomic E-state index is 13.1. The van der Waals surface area contributed by atoms with Crippen molar-refractivity contribution in [3.8, 4) is 5.69 Å². The Kier molecular flexibility index (Phi) is 6.41. The second-order valence-electron chi connectivity index (χ2n) is 8.95. The average Bonchev–Trinajstić information content (AvgIpc) is 3.50. The van der Waals surface area contributed by atoms with Gasteiger partial charge in [-0.1, -0.05) is 48.5 Å². The number of methoxy groups -OCH3 is 1. The topological polar surface area (TPSA) is 71.4 Å². The van der Waals surface area contributed by atoms with Crippen LogP contribution in [0.4, 0.5) is 10.6 Å². The third-order valence-corrected chi connectivity index (χ3v) is 6.52. The molecule has 2 aliphatic rings. The second kappa shape index (κ2) is 9.77. The fraction of sp³-hybridized carbons (Fsp3) is 0.385. The number of urea groups is 1. The van der Waals surface area contributed by atoms with Gasteiger partial charge in [0.25, 0.3) is 0 Å². The van der Waals surface area contributed by atoms with Crippen LogP contribution in [0.15, 0.2) is 66.7 Å². The van der Waals surface area contributed by atoms with Gasteiger partial charge >= 0.3 is 6.03 Å². The van der Waals surface area contributed by atoms with E-state index in [1.165, 1.54) is 5.56 Å². The van der Waals surface area contributed by atoms with Crippen molar-refractivity contribution in [3.63, 3.8) is 0 Å². The lowest BCUT2D eigenvalue weighted by Gasteiger charge is -2.20. The zero-order chi connectivity index (χ0) is 22.6. The molecule has 2 aromatic carbocycles. The molecule has 3 aromatic rings. The molecule has 5 rings (SSSR count). The van der Waals surface area contributed by atoms with Crippen LogP contribution >= 0.6 is 0 Å². The number of ether oxygens (including phenoxy) is 1. The van der Waals surface area contributed by atoms with Crippen LogP contribution in [0.2, 0.25) is 0 Å². The van der Waals surface area contributed by atoms with Crippen molar-refractivity contribution < 1.29 is 9.53 Å². The molecule has 1 saturated carbocycles. The first-order valence-electron chi connectivity index (χ1n) is 11.7. The van der Waals surface area contributed by atoms with Gasteiger partial charge in [0.05, 0.1) is 24.0 Å². The number of carbonyl (C=O) groups excluding carboxylic acids is 1. The minimum atomic E-state index is -0.200. The number of carbonyl (C=O) groups is 1. The van der Waals surface area contributed by atoms with Crippen molar-refractivity contribution >= 4 is 11.8 Å². The van der Waals surface area contributed by atoms with Gasteiger partial charge in [-0.3, -0.25) is 10.2 Å². The predicted octanol–water partition coefficient (Wildman–Crippen LogP) is 3.99. The van der Waals surface area contributed by atoms with Crippen molar-refractivity contribution in [2.45, 2.75) is 30.7 Å². The van der Waals surface area contributed by atoms with E-state index >= 15 is 0 Å². The van der Waals surface area contributed by atoms with E-state index in [0.29, 0.717) is 18.3 Å². The highest BCUT2D eigenvalue weighted by molar-refractivity contribution is 5.89. The number of hydrogen-bond donors (Lipinski definition) is 2. The molecule has 1 aliphatic carbocycles. The van der Waals surface area contributed by atoms with Crippen LogP contribution in [0.1, 0.15) is 35.9 Å². The number of hydrogen-bond acceptors (Lipinski definition) is 4. The Morgan fingerprint density at radius 3 is 2.48 bits per heavy atom. The summed E-state index contributed by atoms with van der Waals surface area (Å²) >= 11 is 0. The van der Waals surface area contributed by atoms with E-state index < -0.39 is 0 Å². The number of benzene rings is 2. The van der Waals surface area contributed by atoms with E-state index in [-0.39, 0.29) is 18.0 Å². The van der Waals surface area contributed by atoms with Gasteiger partial charge in [0.2, 0.25) is 0 Å². The van der Waals surface area contributed by atoms with Crippen LogP contribution in [0.3, 0.4) is 0 Å². The average molecular weight is 446 g/mol. The highest BCUT2D eigenvalue weighted by Gasteiger charge is 2.35. The van der Waals surface area contributed by atoms with Gasteiger partial charge in [0.15, 0.2) is 0 Å². The van der Waals surface area contributed by atoms with Gasteiger partial charge in [-0.25, -0.2) is 9.48 Å². The van der Waals surface area contributed by atoms with E-state index in [0.717, 1.165) is 43.9 Å². The summed E-state index contributed by atoms with van der Waals surface area (Å²) in [4.78, 5) is 15.5. The standard InChI is InChI=1S/C26H31N5O2/c1-33-15-14-30-17-22(19-8-4-2-5-9-19)24(18-30)27-26(32)28-25-16-23(20-12-13-20)29-31(25)21-10-6-3-7-11-21/h2-11,16,20,22,24H,12-15,17-18H2,1H3,(H2,27,28,32)/t22-,24+/m1/s1. The van der Waals surface area contributed by atoms with E-state index in [1.807, 2.05) is 47.1 Å². The number of para-hydroxylation sites is 1. The lowest BCUT2D eigenvalue weighted by Crippen LogP contribution is -2.42. The quantitative estimate of drug-likeness (QED) is 0.550. The predicted molar refractivity (Wildman–Crippen MR) is 129 cm³/mol. The number of amides is 2. The minimum absolute atomic E-state index is 0.0141. The van der Waals surface area contributed by atoms with Crippen LogP contribution in [-0.2, 0) is 4.74 Å². The van der Waals surface area contributed by atoms with E-state index in [2.05, 4.69) is 39.8 Å². The monoisotopic (exact) mass is 445 g/mol. The molecule has 0 bridgehead atoms. The van der Waals surface area contributed by atoms with Crippen LogP contribution in [0.25, 0.3) is 5.69 Å². The Balaban J connectivity index is 1.32. The van der Waals surface area contributed by atoms with Crippen molar-refractivity contribution in [1.29, 1.82) is 0 Å². The second-order valence-corrected chi connectivity index (χ2v) is 8.95. The van der Waals surface area contributed by atoms with Crippen LogP contribution in [-0.4, -0.2) is 60.1 Å². The number of anilines is 1. The lowest BCUT2D eigenvalue weighted by molar-refractivity contribution is 0.159. The normalized spacial score (nSPS) is 20.6. The molecule has 0 radical (unpaired) electrons. The zero-order valence-electron chi connectivity index (χ0n) is 19.0. The van der Waals surface area contributed by atoms with Gasteiger partial charge < -0.3 is 10.1 Å². The van der Waals surface area contributed by atoms with Gasteiger partial charge in [0.1, 0.15) is 5.82 Å². The molecule has 0 spiro atoms. The first-order valence-corrected chi connectivity index (χ1v) is 11.7. The van der Waals surface area contributed by atoms with Crippen molar-refractivity contribution in [3.05, 3.63) is 78.0 Å². The molecule has 7 heteroatoms. The summed E-state index contributed by atoms with van der Waals surface area (Å²) in [7, 11) is 1.72. The van der Waals surface area contributed by atoms with E-state index in [4.69, 9.17) is 9.84 Å². The molecule has 1 aliphatic heterocycles. The molecule has 2 fully saturated rings. The van der Waals surface area contributed by atoms with Gasteiger partial charge in [-0.2, -0.15) is 5.10 Å². The van der Waals surface area contributed by atoms with Gasteiger partial charge in [0, 0.05) is 44.6 Å². The summed E-state index contributed by atoms with van der Waals surface area (Å²) in [6.45, 7) is 3.22. The fourth-order valence-electron chi connectivity index (χ4n) is 4.63. The Morgan fingerprint density at radius 2 is 1.79 bits per heavy atom. The number of rotatable bonds is 8. The third-order valence-electron chi connectivity index (χ3n) is 6.52. The Morgan fingerprint density at radius 1 is 1.06 bits per heavy atom. The minimum Gasteiger partial charge on any atom is -0.383 e. The zero-order valence-corrected chi connectivity index (χ0v) is 19.0. The summed E-state index contributed by atoms with van der Waals surface area (Å²) in [5.74, 6) is 1.44. The van der Waals surface area contributed by atoms with Gasteiger partial charge in [-0.15, -0.1) is 0 Å². The van der Waals surface area contributed by atoms with Gasteiger partial charge in [-0.05, 0) is 30.5 Å². The largest absolute Gasteiger partial charge is 0.383 e. The molecule has 2 atom stereocenters. The maximum atomic E-state index is 13.1. The van der Waals surface area contributed by atoms with Crippen LogP contribution < -0.4 is 10.6 Å². The van der Waals surface area contributed by atoms with Crippen molar-refractivity contribution in [1.82, 2.24) is 20.0 Å². The third kappa shape index (κ3) is 5.10. The molecule has 2 N–H and O–H groups in total. The molecule has 2 amide bonds. The molecule has 2 heterocycles. The smallest absolute Gasteiger partial charge is 0.320 e. The first-order chi connectivity index (χ1) is 16.2. The number of nitrogens with one attached hydrogen (secondary N) is 2. The maximum Gasteiger partial charge on any atom is 0.320 e. The molecule has 172 valence electrons. The SMILES string of the molecule is COCCN1C[C@H](NC(=O)Nc2cc(C3CC3)nn2-c2ccccc2)[C@@H](c2ccccc2)C1. The number of likely N-dealkylation sites (tertiary alicyclic amines) is 1. The summed E-state index contributed by atoms with van der Waals surface area (Å²) in [5, 5.41) is 11.1. The van der Waals surface area contributed by atoms with Crippen LogP contribution in [0.5, 0.6) is 0 Å². The Hall–Kier alpha value is -3.16. The van der Waals surface area contributed by atoms with E-state index in [1.54, 1.807) is 7.11 Å². The highest BCUT2D eigenvalue weighted by Crippen LogP contribution is 2.40. The number of aromatic nitrogens is 2. The summed E-state index contributed by atoms with van der Waals surface area (Å²) < 4.78 is 7.11. The molecule has 1 aromatic heterocycles. The molecule has 0 unspecified atom stereocenters. The first kappa shape index (κ1) is 21.7. The summed E-state index contributed by atoms with van der Waals surface area (Å²) in [5.41, 5.74) is 3.23. The number of nitrogens with zero attached hydrogens (tertiary/aromatic N) is 3. The van der Waals surface area contributed by atoms with Crippen molar-refractivity contribution in [2.75, 3.05) is 38.7 Å². The Labute approximate surface area is 194 Å². The summed E-state index contributed by atoms with van der Waals surface area (Å²) in [6, 6.07) is 22.2. The molecule has 1 saturated heterocycles. The lowest BCUT2D eigenvalue weighted by atomic mass is 9.94. The van der Waals surface area contributed by atoms with E-state index in [9.17, 15) is 4.79 Å². The highest BCUT2D eigenvalue weighted by atomic mass is 16.5. The molecular weight excluding hydrogens is 414 g/mol. The van der Waals surface area contributed by atoms with Crippen molar-refractivity contribution in [2.24, 2.45) is 0 Å².